The van der Waals surface area contributed by atoms with Gasteiger partial charge in [0, 0.05) is 6.42 Å². The van der Waals surface area contributed by atoms with E-state index in [2.05, 4.69) is 25.2 Å². The summed E-state index contributed by atoms with van der Waals surface area (Å²) in [4.78, 5) is 0. The zero-order valence-electron chi connectivity index (χ0n) is 18.4. The Balaban J connectivity index is 2.00. The lowest BCUT2D eigenvalue weighted by Gasteiger charge is -2.16. The third kappa shape index (κ3) is 14.9. The van der Waals surface area contributed by atoms with E-state index in [1.54, 1.807) is 6.26 Å². The Morgan fingerprint density at radius 2 is 1.37 bits per heavy atom. The minimum absolute atomic E-state index is 0.719. The lowest BCUT2D eigenvalue weighted by molar-refractivity contribution is 0.382. The van der Waals surface area contributed by atoms with Gasteiger partial charge in [0.1, 0.15) is 5.76 Å². The highest BCUT2D eigenvalue weighted by Gasteiger charge is 2.11. The molecule has 1 atom stereocenters. The smallest absolute Gasteiger partial charge is 0.104 e. The molecule has 0 aliphatic heterocycles. The van der Waals surface area contributed by atoms with Gasteiger partial charge in [-0.05, 0) is 44.0 Å². The van der Waals surface area contributed by atoms with Gasteiger partial charge in [0.25, 0.3) is 0 Å². The second-order valence-corrected chi connectivity index (χ2v) is 8.38. The predicted octanol–water partition coefficient (Wildman–Crippen LogP) is 7.92. The molecule has 0 fully saturated rings. The molecule has 0 aliphatic rings. The van der Waals surface area contributed by atoms with E-state index in [1.165, 1.54) is 96.3 Å². The Bertz CT molecular complexity index is 387. The average molecular weight is 378 g/mol. The van der Waals surface area contributed by atoms with Crippen LogP contribution in [-0.2, 0) is 6.42 Å². The SMILES string of the molecule is CCCCCCCCCCCCCCC(CNCCCC)Cc1ccco1. The lowest BCUT2D eigenvalue weighted by Crippen LogP contribution is -2.25. The molecule has 0 saturated heterocycles. The van der Waals surface area contributed by atoms with Crippen LogP contribution in [0.4, 0.5) is 0 Å². The fraction of sp³-hybridized carbons (Fsp3) is 0.840. The van der Waals surface area contributed by atoms with Crippen molar-refractivity contribution >= 4 is 0 Å². The molecule has 1 aromatic rings. The Hall–Kier alpha value is -0.760. The molecule has 1 rings (SSSR count). The molecule has 1 unspecified atom stereocenters. The molecule has 2 heteroatoms. The molecule has 1 N–H and O–H groups in total. The van der Waals surface area contributed by atoms with Crippen molar-refractivity contribution in [1.29, 1.82) is 0 Å². The molecule has 1 aromatic heterocycles. The van der Waals surface area contributed by atoms with Crippen LogP contribution >= 0.6 is 0 Å². The fourth-order valence-corrected chi connectivity index (χ4v) is 3.87. The quantitative estimate of drug-likeness (QED) is 0.233. The molecule has 2 nitrogen and oxygen atoms in total. The van der Waals surface area contributed by atoms with E-state index in [0.29, 0.717) is 0 Å². The van der Waals surface area contributed by atoms with Crippen LogP contribution in [0.25, 0.3) is 0 Å². The molecule has 0 aromatic carbocycles. The highest BCUT2D eigenvalue weighted by molar-refractivity contribution is 4.99. The van der Waals surface area contributed by atoms with Crippen LogP contribution < -0.4 is 5.32 Å². The Morgan fingerprint density at radius 1 is 0.778 bits per heavy atom. The zero-order chi connectivity index (χ0) is 19.4. The van der Waals surface area contributed by atoms with Gasteiger partial charge in [-0.3, -0.25) is 0 Å². The summed E-state index contributed by atoms with van der Waals surface area (Å²) in [6, 6.07) is 4.14. The van der Waals surface area contributed by atoms with E-state index in [0.717, 1.165) is 31.2 Å². The van der Waals surface area contributed by atoms with Crippen molar-refractivity contribution in [2.75, 3.05) is 13.1 Å². The van der Waals surface area contributed by atoms with Crippen LogP contribution in [0.3, 0.4) is 0 Å². The van der Waals surface area contributed by atoms with Gasteiger partial charge in [-0.1, -0.05) is 97.3 Å². The second kappa shape index (κ2) is 18.6. The summed E-state index contributed by atoms with van der Waals surface area (Å²) in [6.45, 7) is 6.85. The highest BCUT2D eigenvalue weighted by Crippen LogP contribution is 2.18. The van der Waals surface area contributed by atoms with Gasteiger partial charge in [-0.2, -0.15) is 0 Å². The monoisotopic (exact) mass is 377 g/mol. The molecular weight excluding hydrogens is 330 g/mol. The normalized spacial score (nSPS) is 12.5. The third-order valence-corrected chi connectivity index (χ3v) is 5.68. The first-order chi connectivity index (χ1) is 13.4. The summed E-state index contributed by atoms with van der Waals surface area (Å²) in [6.07, 6.45) is 23.9. The number of hydrogen-bond donors (Lipinski definition) is 1. The van der Waals surface area contributed by atoms with Crippen LogP contribution in [0.1, 0.15) is 116 Å². The van der Waals surface area contributed by atoms with E-state index in [4.69, 9.17) is 4.42 Å². The van der Waals surface area contributed by atoms with Crippen molar-refractivity contribution in [3.8, 4) is 0 Å². The van der Waals surface area contributed by atoms with E-state index in [9.17, 15) is 0 Å². The van der Waals surface area contributed by atoms with E-state index in [1.807, 2.05) is 6.07 Å². The average Bonchev–Trinajstić information content (AvgIpc) is 3.19. The first-order valence-corrected chi connectivity index (χ1v) is 12.1. The van der Waals surface area contributed by atoms with Gasteiger partial charge >= 0.3 is 0 Å². The van der Waals surface area contributed by atoms with Gasteiger partial charge < -0.3 is 9.73 Å². The summed E-state index contributed by atoms with van der Waals surface area (Å²) in [5.74, 6) is 1.87. The predicted molar refractivity (Wildman–Crippen MR) is 119 cm³/mol. The molecule has 0 amide bonds. The Labute approximate surface area is 169 Å². The minimum Gasteiger partial charge on any atom is -0.469 e. The largest absolute Gasteiger partial charge is 0.469 e. The van der Waals surface area contributed by atoms with E-state index < -0.39 is 0 Å². The van der Waals surface area contributed by atoms with Crippen molar-refractivity contribution in [2.24, 2.45) is 5.92 Å². The summed E-state index contributed by atoms with van der Waals surface area (Å²) in [5.41, 5.74) is 0. The van der Waals surface area contributed by atoms with E-state index >= 15 is 0 Å². The molecule has 27 heavy (non-hydrogen) atoms. The van der Waals surface area contributed by atoms with Gasteiger partial charge in [0.2, 0.25) is 0 Å². The second-order valence-electron chi connectivity index (χ2n) is 8.38. The summed E-state index contributed by atoms with van der Waals surface area (Å²) >= 11 is 0. The molecule has 1 heterocycles. The van der Waals surface area contributed by atoms with Crippen LogP contribution in [0.2, 0.25) is 0 Å². The summed E-state index contributed by atoms with van der Waals surface area (Å²) in [5, 5.41) is 3.65. The molecule has 158 valence electrons. The van der Waals surface area contributed by atoms with Gasteiger partial charge in [-0.15, -0.1) is 0 Å². The third-order valence-electron chi connectivity index (χ3n) is 5.68. The summed E-state index contributed by atoms with van der Waals surface area (Å²) in [7, 11) is 0. The number of rotatable bonds is 20. The first kappa shape index (κ1) is 24.3. The summed E-state index contributed by atoms with van der Waals surface area (Å²) < 4.78 is 5.58. The molecular formula is C25H47NO. The topological polar surface area (TPSA) is 25.2 Å². The maximum absolute atomic E-state index is 5.58. The lowest BCUT2D eigenvalue weighted by atomic mass is 9.95. The first-order valence-electron chi connectivity index (χ1n) is 12.1. The van der Waals surface area contributed by atoms with Crippen molar-refractivity contribution in [1.82, 2.24) is 5.32 Å². The molecule has 0 radical (unpaired) electrons. The molecule has 0 spiro atoms. The van der Waals surface area contributed by atoms with Crippen LogP contribution in [0.5, 0.6) is 0 Å². The van der Waals surface area contributed by atoms with Crippen molar-refractivity contribution in [2.45, 2.75) is 117 Å². The molecule has 0 bridgehead atoms. The maximum atomic E-state index is 5.58. The number of unbranched alkanes of at least 4 members (excludes halogenated alkanes) is 12. The van der Waals surface area contributed by atoms with Crippen molar-refractivity contribution in [3.63, 3.8) is 0 Å². The van der Waals surface area contributed by atoms with Crippen LogP contribution in [0.15, 0.2) is 22.8 Å². The minimum atomic E-state index is 0.719. The van der Waals surface area contributed by atoms with Gasteiger partial charge in [-0.25, -0.2) is 0 Å². The van der Waals surface area contributed by atoms with Crippen molar-refractivity contribution in [3.05, 3.63) is 24.2 Å². The van der Waals surface area contributed by atoms with Gasteiger partial charge in [0.05, 0.1) is 6.26 Å². The Morgan fingerprint density at radius 3 is 1.93 bits per heavy atom. The van der Waals surface area contributed by atoms with Crippen molar-refractivity contribution < 1.29 is 4.42 Å². The van der Waals surface area contributed by atoms with Gasteiger partial charge in [0.15, 0.2) is 0 Å². The zero-order valence-corrected chi connectivity index (χ0v) is 18.4. The molecule has 0 aliphatic carbocycles. The van der Waals surface area contributed by atoms with Crippen LogP contribution in [0, 0.1) is 5.92 Å². The number of nitrogens with one attached hydrogen (secondary N) is 1. The number of furan rings is 1. The maximum Gasteiger partial charge on any atom is 0.104 e. The fourth-order valence-electron chi connectivity index (χ4n) is 3.87. The standard InChI is InChI=1S/C25H47NO/c1-3-5-7-8-9-10-11-12-13-14-15-16-18-24(23-26-20-6-4-2)22-25-19-17-21-27-25/h17,19,21,24,26H,3-16,18,20,22-23H2,1-2H3. The Kier molecular flexibility index (Phi) is 16.7. The van der Waals surface area contributed by atoms with Crippen LogP contribution in [-0.4, -0.2) is 13.1 Å². The molecule has 0 saturated carbocycles. The number of hydrogen-bond acceptors (Lipinski definition) is 2. The highest BCUT2D eigenvalue weighted by atomic mass is 16.3. The van der Waals surface area contributed by atoms with E-state index in [-0.39, 0.29) is 0 Å².